The van der Waals surface area contributed by atoms with E-state index in [0.717, 1.165) is 0 Å². The molecule has 2 aromatic rings. The van der Waals surface area contributed by atoms with E-state index in [2.05, 4.69) is 5.32 Å². The van der Waals surface area contributed by atoms with Crippen molar-refractivity contribution < 1.29 is 24.2 Å². The lowest BCUT2D eigenvalue weighted by molar-refractivity contribution is -0.145. The van der Waals surface area contributed by atoms with Gasteiger partial charge in [0.15, 0.2) is 5.75 Å². The fourth-order valence-electron chi connectivity index (χ4n) is 3.41. The van der Waals surface area contributed by atoms with Crippen LogP contribution in [-0.4, -0.2) is 29.2 Å². The van der Waals surface area contributed by atoms with Gasteiger partial charge in [-0.05, 0) is 24.3 Å². The lowest BCUT2D eigenvalue weighted by atomic mass is 9.82. The number of anilines is 1. The molecule has 0 saturated carbocycles. The Morgan fingerprint density at radius 3 is 2.31 bits per heavy atom. The highest BCUT2D eigenvalue weighted by molar-refractivity contribution is 5.97. The van der Waals surface area contributed by atoms with Crippen LogP contribution in [0.25, 0.3) is 0 Å². The Bertz CT molecular complexity index is 864. The van der Waals surface area contributed by atoms with Gasteiger partial charge in [0.25, 0.3) is 0 Å². The summed E-state index contributed by atoms with van der Waals surface area (Å²) >= 11 is 0. The molecule has 6 nitrogen and oxygen atoms in total. The van der Waals surface area contributed by atoms with Crippen molar-refractivity contribution in [1.29, 1.82) is 0 Å². The molecular formula is C20H17NO5. The third kappa shape index (κ3) is 2.95. The number of nitrogens with one attached hydrogen (secondary N) is 1. The number of ether oxygens (including phenoxy) is 2. The molecule has 2 aliphatic heterocycles. The fraction of sp³-hybridized carbons (Fsp3) is 0.200. The molecule has 1 amide bonds. The Kier molecular flexibility index (Phi) is 4.18. The third-order valence-electron chi connectivity index (χ3n) is 4.60. The number of hydrogen-bond acceptors (Lipinski definition) is 4. The molecule has 6 heteroatoms. The van der Waals surface area contributed by atoms with Crippen LogP contribution >= 0.6 is 0 Å². The minimum atomic E-state index is -1.03. The van der Waals surface area contributed by atoms with Crippen molar-refractivity contribution in [1.82, 2.24) is 0 Å². The lowest BCUT2D eigenvalue weighted by Gasteiger charge is -2.21. The SMILES string of the molecule is O=C(Nc1ccccc1Oc1ccccc1)[C@@H]1[C@H](C(=O)O)[C@H]2C=C[C@H]1O2. The largest absolute Gasteiger partial charge is 0.481 e. The van der Waals surface area contributed by atoms with Crippen LogP contribution in [0, 0.1) is 11.8 Å². The van der Waals surface area contributed by atoms with E-state index in [4.69, 9.17) is 9.47 Å². The zero-order valence-electron chi connectivity index (χ0n) is 13.7. The number of carboxylic acid groups (broad SMARTS) is 1. The van der Waals surface area contributed by atoms with E-state index >= 15 is 0 Å². The summed E-state index contributed by atoms with van der Waals surface area (Å²) in [5.41, 5.74) is 0.484. The zero-order valence-corrected chi connectivity index (χ0v) is 13.7. The van der Waals surface area contributed by atoms with Crippen molar-refractivity contribution in [3.63, 3.8) is 0 Å². The first-order valence-corrected chi connectivity index (χ1v) is 8.33. The van der Waals surface area contributed by atoms with Gasteiger partial charge in [0.05, 0.1) is 23.8 Å². The molecule has 0 unspecified atom stereocenters. The lowest BCUT2D eigenvalue weighted by Crippen LogP contribution is -2.39. The predicted octanol–water partition coefficient (Wildman–Crippen LogP) is 3.07. The number of carboxylic acids is 1. The van der Waals surface area contributed by atoms with Crippen molar-refractivity contribution in [2.45, 2.75) is 12.2 Å². The van der Waals surface area contributed by atoms with Crippen LogP contribution in [0.2, 0.25) is 0 Å². The van der Waals surface area contributed by atoms with Gasteiger partial charge >= 0.3 is 5.97 Å². The van der Waals surface area contributed by atoms with Gasteiger partial charge in [-0.1, -0.05) is 42.5 Å². The van der Waals surface area contributed by atoms with Crippen molar-refractivity contribution >= 4 is 17.6 Å². The summed E-state index contributed by atoms with van der Waals surface area (Å²) in [4.78, 5) is 24.3. The van der Waals surface area contributed by atoms with E-state index in [1.807, 2.05) is 30.3 Å². The maximum absolute atomic E-state index is 12.8. The Hall–Kier alpha value is -3.12. The van der Waals surface area contributed by atoms with Gasteiger partial charge < -0.3 is 19.9 Å². The van der Waals surface area contributed by atoms with E-state index in [1.165, 1.54) is 0 Å². The van der Waals surface area contributed by atoms with Crippen LogP contribution in [-0.2, 0) is 14.3 Å². The second-order valence-electron chi connectivity index (χ2n) is 6.24. The zero-order chi connectivity index (χ0) is 18.1. The van der Waals surface area contributed by atoms with Crippen LogP contribution in [0.3, 0.4) is 0 Å². The molecule has 26 heavy (non-hydrogen) atoms. The van der Waals surface area contributed by atoms with E-state index in [0.29, 0.717) is 17.2 Å². The smallest absolute Gasteiger partial charge is 0.310 e. The molecular weight excluding hydrogens is 334 g/mol. The third-order valence-corrected chi connectivity index (χ3v) is 4.60. The van der Waals surface area contributed by atoms with E-state index in [-0.39, 0.29) is 0 Å². The summed E-state index contributed by atoms with van der Waals surface area (Å²) in [6, 6.07) is 16.3. The summed E-state index contributed by atoms with van der Waals surface area (Å²) in [5.74, 6) is -1.95. The molecule has 2 aromatic carbocycles. The predicted molar refractivity (Wildman–Crippen MR) is 94.0 cm³/mol. The van der Waals surface area contributed by atoms with Crippen LogP contribution < -0.4 is 10.1 Å². The van der Waals surface area contributed by atoms with Gasteiger partial charge in [0.2, 0.25) is 5.91 Å². The van der Waals surface area contributed by atoms with Gasteiger partial charge in [0, 0.05) is 0 Å². The van der Waals surface area contributed by atoms with Crippen molar-refractivity contribution in [2.75, 3.05) is 5.32 Å². The number of benzene rings is 2. The molecule has 132 valence electrons. The first kappa shape index (κ1) is 16.4. The molecule has 0 aliphatic carbocycles. The Morgan fingerprint density at radius 1 is 0.923 bits per heavy atom. The second kappa shape index (κ2) is 6.65. The number of fused-ring (bicyclic) bond motifs is 2. The second-order valence-corrected chi connectivity index (χ2v) is 6.24. The molecule has 4 atom stereocenters. The molecule has 1 fully saturated rings. The molecule has 2 N–H and O–H groups in total. The number of aliphatic carboxylic acids is 1. The van der Waals surface area contributed by atoms with Crippen molar-refractivity contribution in [3.05, 3.63) is 66.7 Å². The Labute approximate surface area is 150 Å². The van der Waals surface area contributed by atoms with Crippen molar-refractivity contribution in [2.24, 2.45) is 11.8 Å². The van der Waals surface area contributed by atoms with E-state index < -0.39 is 35.9 Å². The highest BCUT2D eigenvalue weighted by atomic mass is 16.5. The first-order valence-electron chi connectivity index (χ1n) is 8.33. The summed E-state index contributed by atoms with van der Waals surface area (Å²) in [5, 5.41) is 12.3. The van der Waals surface area contributed by atoms with Gasteiger partial charge in [-0.15, -0.1) is 0 Å². The van der Waals surface area contributed by atoms with Crippen LogP contribution in [0.15, 0.2) is 66.7 Å². The molecule has 0 radical (unpaired) electrons. The average Bonchev–Trinajstić information content (AvgIpc) is 3.25. The normalized spacial score (nSPS) is 25.8. The standard InChI is InChI=1S/C20H17NO5/c22-19(17-15-10-11-16(26-15)18(17)20(23)24)21-13-8-4-5-9-14(13)25-12-6-2-1-3-7-12/h1-11,15-18H,(H,21,22)(H,23,24)/t15-,16-,17+,18-/m1/s1. The number of carbonyl (C=O) groups is 2. The topological polar surface area (TPSA) is 84.9 Å². The fourth-order valence-corrected chi connectivity index (χ4v) is 3.41. The number of carbonyl (C=O) groups excluding carboxylic acids is 1. The summed E-state index contributed by atoms with van der Waals surface area (Å²) in [6.45, 7) is 0. The van der Waals surface area contributed by atoms with Crippen LogP contribution in [0.4, 0.5) is 5.69 Å². The minimum absolute atomic E-state index is 0.390. The number of amides is 1. The molecule has 1 saturated heterocycles. The van der Waals surface area contributed by atoms with Crippen molar-refractivity contribution in [3.8, 4) is 11.5 Å². The van der Waals surface area contributed by atoms with Gasteiger partial charge in [-0.25, -0.2) is 0 Å². The molecule has 4 rings (SSSR count). The molecule has 2 bridgehead atoms. The summed E-state index contributed by atoms with van der Waals surface area (Å²) in [6.07, 6.45) is 2.40. The van der Waals surface area contributed by atoms with E-state index in [1.54, 1.807) is 36.4 Å². The monoisotopic (exact) mass is 351 g/mol. The number of hydrogen-bond donors (Lipinski definition) is 2. The Morgan fingerprint density at radius 2 is 1.58 bits per heavy atom. The first-order chi connectivity index (χ1) is 12.6. The maximum atomic E-state index is 12.8. The van der Waals surface area contributed by atoms with Crippen LogP contribution in [0.1, 0.15) is 0 Å². The number of rotatable bonds is 5. The highest BCUT2D eigenvalue weighted by Crippen LogP contribution is 2.40. The summed E-state index contributed by atoms with van der Waals surface area (Å²) < 4.78 is 11.4. The molecule has 2 aliphatic rings. The van der Waals surface area contributed by atoms with Gasteiger partial charge in [0.1, 0.15) is 11.7 Å². The van der Waals surface area contributed by atoms with E-state index in [9.17, 15) is 14.7 Å². The molecule has 2 heterocycles. The number of para-hydroxylation sites is 3. The maximum Gasteiger partial charge on any atom is 0.310 e. The summed E-state index contributed by atoms with van der Waals surface area (Å²) in [7, 11) is 0. The highest BCUT2D eigenvalue weighted by Gasteiger charge is 2.53. The quantitative estimate of drug-likeness (QED) is 0.809. The Balaban J connectivity index is 1.55. The average molecular weight is 351 g/mol. The molecule has 0 spiro atoms. The van der Waals surface area contributed by atoms with Crippen LogP contribution in [0.5, 0.6) is 11.5 Å². The van der Waals surface area contributed by atoms with Gasteiger partial charge in [-0.2, -0.15) is 0 Å². The molecule has 0 aromatic heterocycles. The minimum Gasteiger partial charge on any atom is -0.481 e. The van der Waals surface area contributed by atoms with Gasteiger partial charge in [-0.3, -0.25) is 9.59 Å².